The van der Waals surface area contributed by atoms with Crippen molar-refractivity contribution in [1.82, 2.24) is 5.32 Å². The van der Waals surface area contributed by atoms with Crippen LogP contribution in [0.25, 0.3) is 0 Å². The Balaban J connectivity index is 1.47. The van der Waals surface area contributed by atoms with E-state index in [0.717, 1.165) is 22.3 Å². The third-order valence-corrected chi connectivity index (χ3v) is 4.32. The number of carbonyl (C=O) groups excluding carboxylic acids is 1. The summed E-state index contributed by atoms with van der Waals surface area (Å²) in [6.07, 6.45) is 0.376. The molecule has 1 N–H and O–H groups in total. The minimum atomic E-state index is -0.270. The Bertz CT molecular complexity index is 906. The average Bonchev–Trinajstić information content (AvgIpc) is 2.67. The smallest absolute Gasteiger partial charge is 0.224 e. The number of ether oxygens (including phenoxy) is 1. The fraction of sp³-hybridized carbons (Fsp3) is 0.174. The van der Waals surface area contributed by atoms with Crippen LogP contribution in [-0.4, -0.2) is 5.91 Å². The molecule has 0 aromatic heterocycles. The largest absolute Gasteiger partial charge is 0.489 e. The summed E-state index contributed by atoms with van der Waals surface area (Å²) in [6, 6.07) is 21.8. The Kier molecular flexibility index (Phi) is 6.21. The molecule has 3 nitrogen and oxygen atoms in total. The van der Waals surface area contributed by atoms with Crippen LogP contribution in [0.15, 0.2) is 72.8 Å². The van der Waals surface area contributed by atoms with Crippen molar-refractivity contribution >= 4 is 5.91 Å². The molecule has 1 amide bonds. The first-order chi connectivity index (χ1) is 13.1. The zero-order valence-corrected chi connectivity index (χ0v) is 15.2. The van der Waals surface area contributed by atoms with E-state index in [2.05, 4.69) is 5.32 Å². The van der Waals surface area contributed by atoms with Gasteiger partial charge in [-0.25, -0.2) is 4.39 Å². The van der Waals surface area contributed by atoms with Gasteiger partial charge in [0.25, 0.3) is 0 Å². The van der Waals surface area contributed by atoms with Crippen LogP contribution in [0.1, 0.15) is 22.3 Å². The second-order valence-corrected chi connectivity index (χ2v) is 6.44. The molecule has 0 saturated carbocycles. The molecule has 0 bridgehead atoms. The Morgan fingerprint density at radius 3 is 2.48 bits per heavy atom. The summed E-state index contributed by atoms with van der Waals surface area (Å²) in [4.78, 5) is 12.1. The zero-order chi connectivity index (χ0) is 19.1. The maximum atomic E-state index is 13.2. The van der Waals surface area contributed by atoms with Gasteiger partial charge in [0.1, 0.15) is 18.2 Å². The number of carbonyl (C=O) groups is 1. The lowest BCUT2D eigenvalue weighted by Gasteiger charge is -2.09. The third kappa shape index (κ3) is 5.68. The van der Waals surface area contributed by atoms with Crippen LogP contribution in [0.4, 0.5) is 4.39 Å². The highest BCUT2D eigenvalue weighted by atomic mass is 19.1. The molecule has 0 unspecified atom stereocenters. The molecule has 4 heteroatoms. The molecule has 0 aliphatic heterocycles. The van der Waals surface area contributed by atoms with Crippen LogP contribution >= 0.6 is 0 Å². The Labute approximate surface area is 158 Å². The highest BCUT2D eigenvalue weighted by Crippen LogP contribution is 2.15. The highest BCUT2D eigenvalue weighted by Gasteiger charge is 2.05. The zero-order valence-electron chi connectivity index (χ0n) is 15.2. The van der Waals surface area contributed by atoms with E-state index in [0.29, 0.717) is 25.3 Å². The van der Waals surface area contributed by atoms with Gasteiger partial charge in [0, 0.05) is 6.54 Å². The molecule has 0 radical (unpaired) electrons. The minimum Gasteiger partial charge on any atom is -0.489 e. The van der Waals surface area contributed by atoms with Crippen LogP contribution in [0.3, 0.4) is 0 Å². The fourth-order valence-electron chi connectivity index (χ4n) is 2.74. The van der Waals surface area contributed by atoms with Crippen LogP contribution in [0, 0.1) is 12.7 Å². The Morgan fingerprint density at radius 2 is 1.74 bits per heavy atom. The lowest BCUT2D eigenvalue weighted by atomic mass is 10.1. The lowest BCUT2D eigenvalue weighted by molar-refractivity contribution is -0.120. The first kappa shape index (κ1) is 18.6. The van der Waals surface area contributed by atoms with Crippen molar-refractivity contribution in [2.75, 3.05) is 0 Å². The molecule has 0 spiro atoms. The maximum absolute atomic E-state index is 13.2. The molecule has 138 valence electrons. The molecule has 3 rings (SSSR count). The summed E-state index contributed by atoms with van der Waals surface area (Å²) in [6.45, 7) is 2.78. The number of aryl methyl sites for hydroxylation is 1. The van der Waals surface area contributed by atoms with Crippen molar-refractivity contribution in [2.45, 2.75) is 26.5 Å². The van der Waals surface area contributed by atoms with Gasteiger partial charge in [0.05, 0.1) is 6.42 Å². The van der Waals surface area contributed by atoms with E-state index in [1.54, 1.807) is 6.07 Å². The monoisotopic (exact) mass is 363 g/mol. The van der Waals surface area contributed by atoms with Crippen molar-refractivity contribution in [2.24, 2.45) is 0 Å². The summed E-state index contributed by atoms with van der Waals surface area (Å²) >= 11 is 0. The van der Waals surface area contributed by atoms with E-state index < -0.39 is 0 Å². The lowest BCUT2D eigenvalue weighted by Crippen LogP contribution is -2.24. The normalized spacial score (nSPS) is 10.4. The molecule has 0 saturated heterocycles. The minimum absolute atomic E-state index is 0.00395. The molecule has 0 aliphatic carbocycles. The summed E-state index contributed by atoms with van der Waals surface area (Å²) < 4.78 is 18.8. The first-order valence-corrected chi connectivity index (χ1v) is 8.87. The Morgan fingerprint density at radius 1 is 0.963 bits per heavy atom. The Hall–Kier alpha value is -3.14. The predicted octanol–water partition coefficient (Wildman–Crippen LogP) is 4.57. The number of rotatable bonds is 7. The van der Waals surface area contributed by atoms with E-state index in [1.807, 2.05) is 61.5 Å². The van der Waals surface area contributed by atoms with Crippen molar-refractivity contribution < 1.29 is 13.9 Å². The number of hydrogen-bond acceptors (Lipinski definition) is 2. The number of nitrogens with one attached hydrogen (secondary N) is 1. The van der Waals surface area contributed by atoms with Crippen molar-refractivity contribution in [3.05, 3.63) is 101 Å². The summed E-state index contributed by atoms with van der Waals surface area (Å²) in [5.74, 6) is 0.429. The summed E-state index contributed by atoms with van der Waals surface area (Å²) in [7, 11) is 0. The second kappa shape index (κ2) is 8.99. The molecule has 3 aromatic carbocycles. The van der Waals surface area contributed by atoms with E-state index in [4.69, 9.17) is 4.74 Å². The van der Waals surface area contributed by atoms with Gasteiger partial charge in [0.2, 0.25) is 5.91 Å². The molecular weight excluding hydrogens is 341 g/mol. The molecule has 0 aliphatic rings. The van der Waals surface area contributed by atoms with E-state index >= 15 is 0 Å². The van der Waals surface area contributed by atoms with E-state index in [1.165, 1.54) is 12.1 Å². The van der Waals surface area contributed by atoms with E-state index in [9.17, 15) is 9.18 Å². The fourth-order valence-corrected chi connectivity index (χ4v) is 2.74. The number of hydrogen-bond donors (Lipinski definition) is 1. The van der Waals surface area contributed by atoms with Gasteiger partial charge in [-0.2, -0.15) is 0 Å². The van der Waals surface area contributed by atoms with E-state index in [-0.39, 0.29) is 11.7 Å². The summed E-state index contributed by atoms with van der Waals surface area (Å²) in [5.41, 5.74) is 3.93. The van der Waals surface area contributed by atoms with Gasteiger partial charge in [-0.1, -0.05) is 48.5 Å². The highest BCUT2D eigenvalue weighted by molar-refractivity contribution is 5.78. The average molecular weight is 363 g/mol. The number of halogens is 1. The van der Waals surface area contributed by atoms with Crippen LogP contribution in [-0.2, 0) is 24.4 Å². The van der Waals surface area contributed by atoms with Gasteiger partial charge in [-0.05, 0) is 53.4 Å². The second-order valence-electron chi connectivity index (χ2n) is 6.44. The molecule has 3 aromatic rings. The van der Waals surface area contributed by atoms with Gasteiger partial charge in [0.15, 0.2) is 0 Å². The number of amides is 1. The van der Waals surface area contributed by atoms with Gasteiger partial charge >= 0.3 is 0 Å². The van der Waals surface area contributed by atoms with Gasteiger partial charge in [-0.3, -0.25) is 4.79 Å². The molecule has 27 heavy (non-hydrogen) atoms. The predicted molar refractivity (Wildman–Crippen MR) is 104 cm³/mol. The molecule has 0 fully saturated rings. The number of benzene rings is 3. The molecule has 0 heterocycles. The third-order valence-electron chi connectivity index (χ3n) is 4.32. The summed E-state index contributed by atoms with van der Waals surface area (Å²) in [5, 5.41) is 2.94. The van der Waals surface area contributed by atoms with Crippen LogP contribution in [0.2, 0.25) is 0 Å². The van der Waals surface area contributed by atoms with Crippen LogP contribution in [0.5, 0.6) is 5.75 Å². The molecule has 0 atom stereocenters. The van der Waals surface area contributed by atoms with Crippen LogP contribution < -0.4 is 10.1 Å². The topological polar surface area (TPSA) is 38.3 Å². The van der Waals surface area contributed by atoms with Crippen molar-refractivity contribution in [3.63, 3.8) is 0 Å². The SMILES string of the molecule is Cc1ccccc1CC(=O)NCc1ccc(OCc2cccc(F)c2)cc1. The van der Waals surface area contributed by atoms with Gasteiger partial charge < -0.3 is 10.1 Å². The maximum Gasteiger partial charge on any atom is 0.224 e. The van der Waals surface area contributed by atoms with Crippen molar-refractivity contribution in [3.8, 4) is 5.75 Å². The standard InChI is InChI=1S/C23H22FNO2/c1-17-5-2-3-7-20(17)14-23(26)25-15-18-9-11-22(12-10-18)27-16-19-6-4-8-21(24)13-19/h2-13H,14-16H2,1H3,(H,25,26). The van der Waals surface area contributed by atoms with Crippen molar-refractivity contribution in [1.29, 1.82) is 0 Å². The molecular formula is C23H22FNO2. The quantitative estimate of drug-likeness (QED) is 0.668. The first-order valence-electron chi connectivity index (χ1n) is 8.87. The van der Waals surface area contributed by atoms with Gasteiger partial charge in [-0.15, -0.1) is 0 Å².